The first-order chi connectivity index (χ1) is 16.5. The number of carbonyl (C=O) groups is 1. The second-order valence-electron chi connectivity index (χ2n) is 8.08. The first-order valence-electron chi connectivity index (χ1n) is 11.1. The Balaban J connectivity index is 1.24. The van der Waals surface area contributed by atoms with E-state index in [4.69, 9.17) is 4.74 Å². The van der Waals surface area contributed by atoms with Crippen molar-refractivity contribution in [2.24, 2.45) is 4.40 Å². The van der Waals surface area contributed by atoms with Crippen molar-refractivity contribution in [2.75, 3.05) is 32.8 Å². The van der Waals surface area contributed by atoms with Gasteiger partial charge >= 0.3 is 0 Å². The van der Waals surface area contributed by atoms with E-state index in [0.29, 0.717) is 49.9 Å². The molecule has 0 radical (unpaired) electrons. The Morgan fingerprint density at radius 2 is 1.79 bits per heavy atom. The second-order valence-corrected chi connectivity index (χ2v) is 10.5. The van der Waals surface area contributed by atoms with Crippen molar-refractivity contribution < 1.29 is 17.9 Å². The molecule has 1 aromatic heterocycles. The average Bonchev–Trinajstić information content (AvgIpc) is 3.46. The van der Waals surface area contributed by atoms with Gasteiger partial charge in [-0.25, -0.2) is 4.98 Å². The number of amidine groups is 1. The van der Waals surface area contributed by atoms with Crippen molar-refractivity contribution in [2.45, 2.75) is 18.2 Å². The van der Waals surface area contributed by atoms with Crippen molar-refractivity contribution in [3.8, 4) is 16.3 Å². The summed E-state index contributed by atoms with van der Waals surface area (Å²) < 4.78 is 34.3. The van der Waals surface area contributed by atoms with Gasteiger partial charge < -0.3 is 14.5 Å². The van der Waals surface area contributed by atoms with Crippen LogP contribution in [-0.2, 0) is 10.0 Å². The van der Waals surface area contributed by atoms with Crippen molar-refractivity contribution in [1.29, 1.82) is 0 Å². The third-order valence-corrected chi connectivity index (χ3v) is 7.99. The summed E-state index contributed by atoms with van der Waals surface area (Å²) in [5.41, 5.74) is 1.99. The fourth-order valence-corrected chi connectivity index (χ4v) is 6.05. The van der Waals surface area contributed by atoms with Crippen molar-refractivity contribution in [3.63, 3.8) is 0 Å². The fourth-order valence-electron chi connectivity index (χ4n) is 4.02. The smallest absolute Gasteiger partial charge is 0.285 e. The van der Waals surface area contributed by atoms with Crippen LogP contribution >= 0.6 is 11.3 Å². The molecule has 0 saturated carbocycles. The predicted molar refractivity (Wildman–Crippen MR) is 131 cm³/mol. The van der Waals surface area contributed by atoms with Crippen molar-refractivity contribution in [3.05, 3.63) is 65.2 Å². The molecule has 0 unspecified atom stereocenters. The minimum absolute atomic E-state index is 0.119. The molecule has 5 rings (SSSR count). The molecule has 3 aromatic rings. The van der Waals surface area contributed by atoms with E-state index in [1.807, 2.05) is 29.2 Å². The molecule has 34 heavy (non-hydrogen) atoms. The number of nitrogens with zero attached hydrogens (tertiary/aromatic N) is 4. The molecule has 10 heteroatoms. The van der Waals surface area contributed by atoms with Crippen LogP contribution in [0.4, 0.5) is 0 Å². The topological polar surface area (TPSA) is 92.2 Å². The van der Waals surface area contributed by atoms with Crippen LogP contribution in [0.15, 0.2) is 63.2 Å². The molecule has 1 saturated heterocycles. The quantitative estimate of drug-likeness (QED) is 0.537. The fraction of sp³-hybridized carbons (Fsp3) is 0.292. The van der Waals surface area contributed by atoms with E-state index in [0.717, 1.165) is 22.7 Å². The van der Waals surface area contributed by atoms with Gasteiger partial charge in [0.15, 0.2) is 5.84 Å². The molecule has 0 spiro atoms. The third-order valence-electron chi connectivity index (χ3n) is 5.78. The van der Waals surface area contributed by atoms with Gasteiger partial charge in [-0.15, -0.1) is 15.7 Å². The second kappa shape index (κ2) is 9.19. The molecular formula is C24H24N4O4S2. The Labute approximate surface area is 202 Å². The Bertz CT molecular complexity index is 1340. The van der Waals surface area contributed by atoms with E-state index in [1.54, 1.807) is 34.5 Å². The molecule has 0 bridgehead atoms. The normalized spacial score (nSPS) is 16.8. The van der Waals surface area contributed by atoms with Crippen LogP contribution in [0.2, 0.25) is 0 Å². The van der Waals surface area contributed by atoms with Crippen molar-refractivity contribution >= 4 is 33.1 Å². The van der Waals surface area contributed by atoms with Gasteiger partial charge in [-0.2, -0.15) is 8.42 Å². The van der Waals surface area contributed by atoms with E-state index >= 15 is 0 Å². The molecule has 0 atom stereocenters. The number of rotatable bonds is 5. The van der Waals surface area contributed by atoms with Crippen LogP contribution in [0.1, 0.15) is 29.4 Å². The number of benzene rings is 2. The van der Waals surface area contributed by atoms with Gasteiger partial charge in [-0.3, -0.25) is 4.79 Å². The summed E-state index contributed by atoms with van der Waals surface area (Å²) in [6.45, 7) is 4.69. The lowest BCUT2D eigenvalue weighted by molar-refractivity contribution is 0.0687. The monoisotopic (exact) mass is 496 g/mol. The lowest BCUT2D eigenvalue weighted by atomic mass is 10.1. The van der Waals surface area contributed by atoms with E-state index in [2.05, 4.69) is 16.3 Å². The SMILES string of the molecule is CCCOc1ccc(-c2nc(C(=O)N3CCN(C4=NS(=O)(=O)c5ccccc54)CC3)cs2)cc1. The number of aromatic nitrogens is 1. The number of piperazine rings is 1. The number of thiazole rings is 1. The standard InChI is InChI=1S/C24H24N4O4S2/c1-2-15-32-18-9-7-17(8-10-18)23-25-20(16-33-23)24(29)28-13-11-27(12-14-28)22-19-5-3-4-6-21(19)34(30,31)26-22/h3-10,16H,2,11-15H2,1H3. The number of amides is 1. The zero-order valence-corrected chi connectivity index (χ0v) is 20.3. The van der Waals surface area contributed by atoms with Gasteiger partial charge in [-0.1, -0.05) is 19.1 Å². The Hall–Kier alpha value is -3.24. The number of sulfonamides is 1. The molecular weight excluding hydrogens is 472 g/mol. The van der Waals surface area contributed by atoms with E-state index in [9.17, 15) is 13.2 Å². The Morgan fingerprint density at radius 1 is 1.06 bits per heavy atom. The highest BCUT2D eigenvalue weighted by atomic mass is 32.2. The summed E-state index contributed by atoms with van der Waals surface area (Å²) >= 11 is 1.44. The first kappa shape index (κ1) is 22.5. The van der Waals surface area contributed by atoms with E-state index < -0.39 is 10.0 Å². The summed E-state index contributed by atoms with van der Waals surface area (Å²) in [4.78, 5) is 21.5. The number of hydrogen-bond donors (Lipinski definition) is 0. The zero-order chi connectivity index (χ0) is 23.7. The number of hydrogen-bond acceptors (Lipinski definition) is 7. The molecule has 2 aliphatic heterocycles. The number of ether oxygens (including phenoxy) is 1. The molecule has 0 N–H and O–H groups in total. The molecule has 3 heterocycles. The number of carbonyl (C=O) groups excluding carboxylic acids is 1. The Kier molecular flexibility index (Phi) is 6.09. The van der Waals surface area contributed by atoms with Crippen LogP contribution in [-0.4, -0.2) is 67.7 Å². The van der Waals surface area contributed by atoms with Crippen molar-refractivity contribution in [1.82, 2.24) is 14.8 Å². The van der Waals surface area contributed by atoms with Gasteiger partial charge in [0.2, 0.25) is 0 Å². The Morgan fingerprint density at radius 3 is 2.53 bits per heavy atom. The van der Waals surface area contributed by atoms with Crippen LogP contribution in [0.5, 0.6) is 5.75 Å². The van der Waals surface area contributed by atoms with Crippen LogP contribution in [0, 0.1) is 0 Å². The molecule has 2 aliphatic rings. The maximum absolute atomic E-state index is 13.1. The molecule has 8 nitrogen and oxygen atoms in total. The molecule has 1 amide bonds. The average molecular weight is 497 g/mol. The maximum Gasteiger partial charge on any atom is 0.285 e. The molecule has 1 fully saturated rings. The first-order valence-corrected chi connectivity index (χ1v) is 13.5. The maximum atomic E-state index is 13.1. The van der Waals surface area contributed by atoms with Gasteiger partial charge in [0.05, 0.1) is 6.61 Å². The minimum atomic E-state index is -3.66. The number of fused-ring (bicyclic) bond motifs is 1. The highest BCUT2D eigenvalue weighted by Gasteiger charge is 2.33. The summed E-state index contributed by atoms with van der Waals surface area (Å²) in [5, 5.41) is 2.57. The lowest BCUT2D eigenvalue weighted by Gasteiger charge is -2.35. The molecule has 0 aliphatic carbocycles. The van der Waals surface area contributed by atoms with Crippen LogP contribution in [0.3, 0.4) is 0 Å². The minimum Gasteiger partial charge on any atom is -0.494 e. The summed E-state index contributed by atoms with van der Waals surface area (Å²) in [6, 6.07) is 14.6. The van der Waals surface area contributed by atoms with Gasteiger partial charge in [-0.05, 0) is 42.8 Å². The summed E-state index contributed by atoms with van der Waals surface area (Å²) in [5.74, 6) is 1.16. The van der Waals surface area contributed by atoms with Crippen LogP contribution in [0.25, 0.3) is 10.6 Å². The van der Waals surface area contributed by atoms with E-state index in [1.165, 1.54) is 11.3 Å². The zero-order valence-electron chi connectivity index (χ0n) is 18.7. The highest BCUT2D eigenvalue weighted by Crippen LogP contribution is 2.29. The van der Waals surface area contributed by atoms with Crippen LogP contribution < -0.4 is 4.74 Å². The third kappa shape index (κ3) is 4.30. The van der Waals surface area contributed by atoms with Gasteiger partial charge in [0.1, 0.15) is 21.3 Å². The molecule has 176 valence electrons. The predicted octanol–water partition coefficient (Wildman–Crippen LogP) is 3.51. The highest BCUT2D eigenvalue weighted by molar-refractivity contribution is 7.90. The lowest BCUT2D eigenvalue weighted by Crippen LogP contribution is -2.50. The molecule has 2 aromatic carbocycles. The summed E-state index contributed by atoms with van der Waals surface area (Å²) in [7, 11) is -3.66. The van der Waals surface area contributed by atoms with Gasteiger partial charge in [0, 0.05) is 42.7 Å². The largest absolute Gasteiger partial charge is 0.494 e. The van der Waals surface area contributed by atoms with Gasteiger partial charge in [0.25, 0.3) is 15.9 Å². The summed E-state index contributed by atoms with van der Waals surface area (Å²) in [6.07, 6.45) is 0.953. The van der Waals surface area contributed by atoms with E-state index in [-0.39, 0.29) is 10.8 Å².